The molecular weight excluding hydrogens is 290 g/mol. The lowest BCUT2D eigenvalue weighted by Gasteiger charge is -2.13. The van der Waals surface area contributed by atoms with Gasteiger partial charge < -0.3 is 15.2 Å². The molecular formula is C19H17NO3. The molecule has 0 amide bonds. The molecule has 4 nitrogen and oxygen atoms in total. The number of methoxy groups -OCH3 is 1. The molecule has 116 valence electrons. The molecule has 0 unspecified atom stereocenters. The van der Waals surface area contributed by atoms with Gasteiger partial charge in [0.05, 0.1) is 12.7 Å². The highest BCUT2D eigenvalue weighted by Crippen LogP contribution is 2.29. The van der Waals surface area contributed by atoms with E-state index in [1.54, 1.807) is 25.3 Å². The Morgan fingerprint density at radius 1 is 1.00 bits per heavy atom. The van der Waals surface area contributed by atoms with Gasteiger partial charge in [-0.25, -0.2) is 4.79 Å². The van der Waals surface area contributed by atoms with Crippen molar-refractivity contribution >= 4 is 22.4 Å². The van der Waals surface area contributed by atoms with E-state index in [-0.39, 0.29) is 5.56 Å². The minimum atomic E-state index is -0.937. The van der Waals surface area contributed by atoms with Crippen LogP contribution < -0.4 is 10.1 Å². The average Bonchev–Trinajstić information content (AvgIpc) is 2.59. The van der Waals surface area contributed by atoms with Crippen LogP contribution in [-0.4, -0.2) is 18.2 Å². The zero-order chi connectivity index (χ0) is 16.2. The maximum Gasteiger partial charge on any atom is 0.337 e. The summed E-state index contributed by atoms with van der Waals surface area (Å²) in [5, 5.41) is 14.6. The van der Waals surface area contributed by atoms with Crippen LogP contribution >= 0.6 is 0 Å². The highest BCUT2D eigenvalue weighted by atomic mass is 16.5. The monoisotopic (exact) mass is 307 g/mol. The predicted octanol–water partition coefficient (Wildman–Crippen LogP) is 4.16. The van der Waals surface area contributed by atoms with E-state index in [1.807, 2.05) is 42.5 Å². The van der Waals surface area contributed by atoms with Crippen LogP contribution in [0.15, 0.2) is 60.7 Å². The van der Waals surface area contributed by atoms with Gasteiger partial charge in [-0.2, -0.15) is 0 Å². The number of nitrogens with one attached hydrogen (secondary N) is 1. The maximum atomic E-state index is 11.3. The Bertz CT molecular complexity index is 858. The number of aromatic carboxylic acids is 1. The van der Waals surface area contributed by atoms with Gasteiger partial charge in [0, 0.05) is 17.6 Å². The maximum absolute atomic E-state index is 11.3. The molecule has 0 spiro atoms. The summed E-state index contributed by atoms with van der Waals surface area (Å²) in [5.41, 5.74) is 1.96. The molecule has 0 aliphatic heterocycles. The summed E-state index contributed by atoms with van der Waals surface area (Å²) in [6.07, 6.45) is 0. The number of rotatable bonds is 5. The highest BCUT2D eigenvalue weighted by Gasteiger charge is 2.10. The molecule has 0 heterocycles. The topological polar surface area (TPSA) is 58.6 Å². The van der Waals surface area contributed by atoms with Crippen LogP contribution in [0.4, 0.5) is 5.69 Å². The number of ether oxygens (including phenoxy) is 1. The first kappa shape index (κ1) is 14.9. The third kappa shape index (κ3) is 2.97. The molecule has 2 N–H and O–H groups in total. The van der Waals surface area contributed by atoms with Crippen LogP contribution in [0.2, 0.25) is 0 Å². The van der Waals surface area contributed by atoms with Crippen molar-refractivity contribution in [3.05, 3.63) is 71.8 Å². The van der Waals surface area contributed by atoms with Gasteiger partial charge in [0.1, 0.15) is 5.75 Å². The standard InChI is InChI=1S/C19H17NO3/c1-23-18-11-10-13(14-6-2-3-7-15(14)18)12-20-17-9-5-4-8-16(17)19(21)22/h2-11,20H,12H2,1H3,(H,21,22). The minimum absolute atomic E-state index is 0.269. The fraction of sp³-hybridized carbons (Fsp3) is 0.105. The Kier molecular flexibility index (Phi) is 4.15. The van der Waals surface area contributed by atoms with Gasteiger partial charge in [-0.3, -0.25) is 0 Å². The Morgan fingerprint density at radius 3 is 2.43 bits per heavy atom. The number of anilines is 1. The second kappa shape index (κ2) is 6.40. The molecule has 0 saturated carbocycles. The van der Waals surface area contributed by atoms with Gasteiger partial charge in [0.2, 0.25) is 0 Å². The van der Waals surface area contributed by atoms with Gasteiger partial charge in [-0.05, 0) is 29.1 Å². The minimum Gasteiger partial charge on any atom is -0.496 e. The summed E-state index contributed by atoms with van der Waals surface area (Å²) in [7, 11) is 1.66. The van der Waals surface area contributed by atoms with Crippen molar-refractivity contribution < 1.29 is 14.6 Å². The summed E-state index contributed by atoms with van der Waals surface area (Å²) < 4.78 is 5.40. The zero-order valence-electron chi connectivity index (χ0n) is 12.7. The van der Waals surface area contributed by atoms with E-state index in [0.29, 0.717) is 12.2 Å². The fourth-order valence-electron chi connectivity index (χ4n) is 2.68. The number of carboxylic acid groups (broad SMARTS) is 1. The quantitative estimate of drug-likeness (QED) is 0.743. The van der Waals surface area contributed by atoms with Crippen LogP contribution in [0, 0.1) is 0 Å². The van der Waals surface area contributed by atoms with Crippen molar-refractivity contribution in [1.29, 1.82) is 0 Å². The smallest absolute Gasteiger partial charge is 0.337 e. The number of para-hydroxylation sites is 1. The second-order valence-corrected chi connectivity index (χ2v) is 5.18. The Morgan fingerprint density at radius 2 is 1.70 bits per heavy atom. The van der Waals surface area contributed by atoms with Crippen molar-refractivity contribution in [2.45, 2.75) is 6.54 Å². The zero-order valence-corrected chi connectivity index (χ0v) is 12.7. The predicted molar refractivity (Wildman–Crippen MR) is 91.2 cm³/mol. The fourth-order valence-corrected chi connectivity index (χ4v) is 2.68. The van der Waals surface area contributed by atoms with E-state index in [2.05, 4.69) is 5.32 Å². The van der Waals surface area contributed by atoms with Crippen LogP contribution in [0.3, 0.4) is 0 Å². The molecule has 0 radical (unpaired) electrons. The number of fused-ring (bicyclic) bond motifs is 1. The molecule has 23 heavy (non-hydrogen) atoms. The molecule has 3 aromatic rings. The molecule has 3 rings (SSSR count). The molecule has 0 atom stereocenters. The van der Waals surface area contributed by atoms with E-state index >= 15 is 0 Å². The van der Waals surface area contributed by atoms with Crippen LogP contribution in [-0.2, 0) is 6.54 Å². The number of carboxylic acids is 1. The SMILES string of the molecule is COc1ccc(CNc2ccccc2C(=O)O)c2ccccc12. The highest BCUT2D eigenvalue weighted by molar-refractivity contribution is 5.94. The molecule has 0 fully saturated rings. The Balaban J connectivity index is 1.93. The molecule has 3 aromatic carbocycles. The Hall–Kier alpha value is -3.01. The van der Waals surface area contributed by atoms with Crippen molar-refractivity contribution in [2.75, 3.05) is 12.4 Å². The number of carbonyl (C=O) groups is 1. The van der Waals surface area contributed by atoms with Gasteiger partial charge in [-0.15, -0.1) is 0 Å². The molecule has 0 aliphatic carbocycles. The summed E-state index contributed by atoms with van der Waals surface area (Å²) in [5.74, 6) is -0.108. The summed E-state index contributed by atoms with van der Waals surface area (Å²) in [4.78, 5) is 11.3. The van der Waals surface area contributed by atoms with Crippen LogP contribution in [0.1, 0.15) is 15.9 Å². The third-order valence-electron chi connectivity index (χ3n) is 3.82. The number of hydrogen-bond donors (Lipinski definition) is 2. The molecule has 0 bridgehead atoms. The second-order valence-electron chi connectivity index (χ2n) is 5.18. The average molecular weight is 307 g/mol. The lowest BCUT2D eigenvalue weighted by atomic mass is 10.0. The summed E-state index contributed by atoms with van der Waals surface area (Å²) in [6.45, 7) is 0.537. The first-order valence-electron chi connectivity index (χ1n) is 7.31. The molecule has 4 heteroatoms. The van der Waals surface area contributed by atoms with Crippen LogP contribution in [0.25, 0.3) is 10.8 Å². The van der Waals surface area contributed by atoms with E-state index in [9.17, 15) is 9.90 Å². The van der Waals surface area contributed by atoms with E-state index in [0.717, 1.165) is 22.1 Å². The normalized spacial score (nSPS) is 10.5. The number of benzene rings is 3. The molecule has 0 aliphatic rings. The van der Waals surface area contributed by atoms with Crippen molar-refractivity contribution in [1.82, 2.24) is 0 Å². The van der Waals surface area contributed by atoms with E-state index in [1.165, 1.54) is 0 Å². The van der Waals surface area contributed by atoms with Gasteiger partial charge in [-0.1, -0.05) is 42.5 Å². The first-order chi connectivity index (χ1) is 11.2. The molecule has 0 saturated heterocycles. The van der Waals surface area contributed by atoms with Crippen molar-refractivity contribution in [3.63, 3.8) is 0 Å². The third-order valence-corrected chi connectivity index (χ3v) is 3.82. The summed E-state index contributed by atoms with van der Waals surface area (Å²) >= 11 is 0. The van der Waals surface area contributed by atoms with Crippen molar-refractivity contribution in [2.24, 2.45) is 0 Å². The first-order valence-corrected chi connectivity index (χ1v) is 7.31. The van der Waals surface area contributed by atoms with E-state index in [4.69, 9.17) is 4.74 Å². The lowest BCUT2D eigenvalue weighted by Crippen LogP contribution is -2.06. The lowest BCUT2D eigenvalue weighted by molar-refractivity contribution is 0.0698. The molecule has 0 aromatic heterocycles. The van der Waals surface area contributed by atoms with Gasteiger partial charge in [0.15, 0.2) is 0 Å². The van der Waals surface area contributed by atoms with Gasteiger partial charge >= 0.3 is 5.97 Å². The summed E-state index contributed by atoms with van der Waals surface area (Å²) in [6, 6.07) is 18.9. The Labute approximate surface area is 134 Å². The van der Waals surface area contributed by atoms with E-state index < -0.39 is 5.97 Å². The largest absolute Gasteiger partial charge is 0.496 e. The van der Waals surface area contributed by atoms with Gasteiger partial charge in [0.25, 0.3) is 0 Å². The van der Waals surface area contributed by atoms with Crippen molar-refractivity contribution in [3.8, 4) is 5.75 Å². The number of hydrogen-bond acceptors (Lipinski definition) is 3. The van der Waals surface area contributed by atoms with Crippen LogP contribution in [0.5, 0.6) is 5.75 Å².